The first-order valence-corrected chi connectivity index (χ1v) is 8.22. The van der Waals surface area contributed by atoms with E-state index >= 15 is 0 Å². The van der Waals surface area contributed by atoms with Crippen molar-refractivity contribution in [3.05, 3.63) is 41.6 Å². The van der Waals surface area contributed by atoms with Gasteiger partial charge in [0.1, 0.15) is 10.8 Å². The summed E-state index contributed by atoms with van der Waals surface area (Å²) in [5.74, 6) is -0.573. The molecule has 1 fully saturated rings. The predicted molar refractivity (Wildman–Crippen MR) is 89.2 cm³/mol. The van der Waals surface area contributed by atoms with Gasteiger partial charge in [0, 0.05) is 23.5 Å². The molecule has 0 saturated heterocycles. The van der Waals surface area contributed by atoms with Crippen LogP contribution < -0.4 is 5.32 Å². The highest BCUT2D eigenvalue weighted by molar-refractivity contribution is 6.29. The molecule has 7 heteroatoms. The molecule has 0 radical (unpaired) electrons. The normalized spacial score (nSPS) is 23.9. The minimum atomic E-state index is -1.49. The second-order valence-corrected chi connectivity index (χ2v) is 6.51. The third-order valence-electron chi connectivity index (χ3n) is 4.39. The summed E-state index contributed by atoms with van der Waals surface area (Å²) in [6.45, 7) is -0.445. The lowest BCUT2D eigenvalue weighted by molar-refractivity contribution is 0.0337. The Balaban J connectivity index is 1.82. The van der Waals surface area contributed by atoms with Crippen molar-refractivity contribution in [2.45, 2.75) is 37.4 Å². The van der Waals surface area contributed by atoms with Crippen LogP contribution in [0, 0.1) is 5.95 Å². The zero-order valence-corrected chi connectivity index (χ0v) is 13.7. The van der Waals surface area contributed by atoms with Crippen molar-refractivity contribution in [1.82, 2.24) is 9.97 Å². The molecule has 0 aromatic carbocycles. The van der Waals surface area contributed by atoms with Gasteiger partial charge >= 0.3 is 0 Å². The van der Waals surface area contributed by atoms with E-state index in [1.54, 1.807) is 24.4 Å². The van der Waals surface area contributed by atoms with E-state index in [1.165, 1.54) is 6.07 Å². The Bertz CT molecular complexity index is 721. The molecule has 0 bridgehead atoms. The molecular weight excluding hydrogens is 336 g/mol. The first-order chi connectivity index (χ1) is 11.5. The van der Waals surface area contributed by atoms with Crippen LogP contribution in [0.3, 0.4) is 0 Å². The molecule has 2 heterocycles. The summed E-state index contributed by atoms with van der Waals surface area (Å²) in [7, 11) is 0. The fraction of sp³-hybridized carbons (Fsp3) is 0.412. The number of pyridine rings is 2. The molecule has 1 aliphatic carbocycles. The number of anilines is 1. The molecule has 0 aliphatic heterocycles. The van der Waals surface area contributed by atoms with Crippen LogP contribution in [0.25, 0.3) is 11.3 Å². The van der Waals surface area contributed by atoms with Crippen molar-refractivity contribution in [2.75, 3.05) is 11.9 Å². The topological polar surface area (TPSA) is 58.0 Å². The quantitative estimate of drug-likeness (QED) is 0.816. The third-order valence-corrected chi connectivity index (χ3v) is 4.59. The smallest absolute Gasteiger partial charge is 0.213 e. The van der Waals surface area contributed by atoms with Crippen LogP contribution in [0.4, 0.5) is 14.5 Å². The van der Waals surface area contributed by atoms with Crippen molar-refractivity contribution in [3.63, 3.8) is 0 Å². The van der Waals surface area contributed by atoms with Gasteiger partial charge in [0.05, 0.1) is 12.3 Å². The number of aliphatic hydroxyl groups excluding tert-OH is 1. The van der Waals surface area contributed by atoms with E-state index in [0.717, 1.165) is 0 Å². The van der Waals surface area contributed by atoms with Gasteiger partial charge in [0.2, 0.25) is 5.95 Å². The van der Waals surface area contributed by atoms with Gasteiger partial charge in [-0.25, -0.2) is 14.4 Å². The number of nitrogens with zero attached hydrogens (tertiary/aromatic N) is 2. The minimum absolute atomic E-state index is 0.0474. The monoisotopic (exact) mass is 353 g/mol. The zero-order valence-electron chi connectivity index (χ0n) is 13.0. The summed E-state index contributed by atoms with van der Waals surface area (Å²) in [6, 6.07) is 6.25. The van der Waals surface area contributed by atoms with Crippen LogP contribution in [0.15, 0.2) is 30.5 Å². The highest BCUT2D eigenvalue weighted by Crippen LogP contribution is 2.35. The summed E-state index contributed by atoms with van der Waals surface area (Å²) in [5, 5.41) is 12.8. The van der Waals surface area contributed by atoms with Crippen LogP contribution in [-0.4, -0.2) is 33.4 Å². The van der Waals surface area contributed by atoms with E-state index in [0.29, 0.717) is 47.8 Å². The Hall–Kier alpha value is -1.79. The lowest BCUT2D eigenvalue weighted by atomic mass is 9.84. The van der Waals surface area contributed by atoms with Crippen molar-refractivity contribution >= 4 is 17.3 Å². The van der Waals surface area contributed by atoms with Crippen molar-refractivity contribution in [3.8, 4) is 11.3 Å². The van der Waals surface area contributed by atoms with Crippen molar-refractivity contribution in [2.24, 2.45) is 0 Å². The molecule has 3 rings (SSSR count). The van der Waals surface area contributed by atoms with Gasteiger partial charge in [-0.3, -0.25) is 0 Å². The number of aliphatic hydroxyl groups is 1. The minimum Gasteiger partial charge on any atom is -0.393 e. The van der Waals surface area contributed by atoms with E-state index in [9.17, 15) is 8.78 Å². The van der Waals surface area contributed by atoms with Crippen LogP contribution in [-0.2, 0) is 0 Å². The van der Waals surface area contributed by atoms with E-state index < -0.39 is 18.2 Å². The Morgan fingerprint density at radius 3 is 2.75 bits per heavy atom. The lowest BCUT2D eigenvalue weighted by Gasteiger charge is -2.33. The van der Waals surface area contributed by atoms with Crippen molar-refractivity contribution in [1.29, 1.82) is 0 Å². The maximum atomic E-state index is 14.1. The van der Waals surface area contributed by atoms with Gasteiger partial charge < -0.3 is 10.4 Å². The lowest BCUT2D eigenvalue weighted by Crippen LogP contribution is -2.37. The van der Waals surface area contributed by atoms with Crippen LogP contribution in [0.5, 0.6) is 0 Å². The average molecular weight is 354 g/mol. The van der Waals surface area contributed by atoms with E-state index in [4.69, 9.17) is 16.7 Å². The third kappa shape index (κ3) is 3.82. The zero-order chi connectivity index (χ0) is 17.2. The molecule has 128 valence electrons. The number of aromatic nitrogens is 2. The Morgan fingerprint density at radius 2 is 2.08 bits per heavy atom. The number of hydrogen-bond acceptors (Lipinski definition) is 4. The number of rotatable bonds is 4. The molecule has 2 aromatic heterocycles. The van der Waals surface area contributed by atoms with E-state index in [-0.39, 0.29) is 6.04 Å². The molecule has 0 spiro atoms. The fourth-order valence-corrected chi connectivity index (χ4v) is 3.13. The molecule has 1 aliphatic rings. The Morgan fingerprint density at radius 1 is 1.33 bits per heavy atom. The molecule has 4 nitrogen and oxygen atoms in total. The van der Waals surface area contributed by atoms with Crippen LogP contribution >= 0.6 is 11.6 Å². The molecule has 0 atom stereocenters. The number of alkyl halides is 1. The highest BCUT2D eigenvalue weighted by atomic mass is 35.5. The molecule has 24 heavy (non-hydrogen) atoms. The largest absolute Gasteiger partial charge is 0.393 e. The summed E-state index contributed by atoms with van der Waals surface area (Å²) < 4.78 is 27.5. The summed E-state index contributed by atoms with van der Waals surface area (Å²) in [6.07, 6.45) is 3.32. The van der Waals surface area contributed by atoms with Crippen LogP contribution in [0.2, 0.25) is 5.15 Å². The van der Waals surface area contributed by atoms with Gasteiger partial charge in [-0.05, 0) is 43.9 Å². The van der Waals surface area contributed by atoms with Crippen LogP contribution in [0.1, 0.15) is 25.7 Å². The van der Waals surface area contributed by atoms with Gasteiger partial charge in [0.15, 0.2) is 0 Å². The second kappa shape index (κ2) is 6.99. The number of hydrogen-bond donors (Lipinski definition) is 2. The highest BCUT2D eigenvalue weighted by Gasteiger charge is 2.34. The predicted octanol–water partition coefficient (Wildman–Crippen LogP) is 3.99. The van der Waals surface area contributed by atoms with E-state index in [1.807, 2.05) is 0 Å². The Labute approximate surface area is 143 Å². The maximum Gasteiger partial charge on any atom is 0.213 e. The van der Waals surface area contributed by atoms with Gasteiger partial charge in [-0.15, -0.1) is 0 Å². The average Bonchev–Trinajstić information content (AvgIpc) is 2.57. The Kier molecular flexibility index (Phi) is 4.96. The second-order valence-electron chi connectivity index (χ2n) is 6.13. The molecular formula is C17H18ClF2N3O. The molecule has 0 amide bonds. The standard InChI is InChI=1S/C17H18ClF2N3O/c18-15-8-14(22-11-4-6-17(20,10-24)7-5-11)12(9-21-15)13-2-1-3-16(19)23-13/h1-3,8-9,11,24H,4-7,10H2,(H,21,22). The van der Waals surface area contributed by atoms with E-state index in [2.05, 4.69) is 15.3 Å². The van der Waals surface area contributed by atoms with Gasteiger partial charge in [-0.2, -0.15) is 4.39 Å². The SMILES string of the molecule is OCC1(F)CCC(Nc2cc(Cl)ncc2-c2cccc(F)n2)CC1. The maximum absolute atomic E-state index is 14.1. The van der Waals surface area contributed by atoms with Gasteiger partial charge in [0.25, 0.3) is 0 Å². The first-order valence-electron chi connectivity index (χ1n) is 7.84. The van der Waals surface area contributed by atoms with Gasteiger partial charge in [-0.1, -0.05) is 17.7 Å². The number of nitrogens with one attached hydrogen (secondary N) is 1. The summed E-state index contributed by atoms with van der Waals surface area (Å²) in [4.78, 5) is 7.93. The molecule has 1 saturated carbocycles. The first kappa shape index (κ1) is 17.0. The summed E-state index contributed by atoms with van der Waals surface area (Å²) >= 11 is 5.98. The number of halogens is 3. The fourth-order valence-electron chi connectivity index (χ4n) is 2.97. The van der Waals surface area contributed by atoms with Crippen molar-refractivity contribution < 1.29 is 13.9 Å². The molecule has 2 aromatic rings. The molecule has 2 N–H and O–H groups in total. The molecule has 0 unspecified atom stereocenters. The summed E-state index contributed by atoms with van der Waals surface area (Å²) in [5.41, 5.74) is 0.292.